The molecule has 8 nitrogen and oxygen atoms in total. The van der Waals surface area contributed by atoms with Crippen LogP contribution in [0.2, 0.25) is 0 Å². The van der Waals surface area contributed by atoms with Crippen LogP contribution in [0.5, 0.6) is 17.2 Å². The fourth-order valence-electron chi connectivity index (χ4n) is 2.13. The maximum atomic E-state index is 11.9. The van der Waals surface area contributed by atoms with Crippen molar-refractivity contribution in [2.45, 2.75) is 6.92 Å². The van der Waals surface area contributed by atoms with Crippen LogP contribution < -0.4 is 25.0 Å². The Morgan fingerprint density at radius 2 is 1.70 bits per heavy atom. The third-order valence-corrected chi connectivity index (χ3v) is 3.44. The number of hydrogen-bond donors (Lipinski definition) is 2. The summed E-state index contributed by atoms with van der Waals surface area (Å²) in [5, 5.41) is 6.26. The van der Waals surface area contributed by atoms with Crippen LogP contribution in [-0.2, 0) is 9.59 Å². The van der Waals surface area contributed by atoms with Crippen molar-refractivity contribution in [2.75, 3.05) is 26.1 Å². The van der Waals surface area contributed by atoms with E-state index in [0.29, 0.717) is 35.1 Å². The van der Waals surface area contributed by atoms with Gasteiger partial charge in [0.25, 0.3) is 0 Å². The third-order valence-electron chi connectivity index (χ3n) is 3.44. The molecule has 0 fully saturated rings. The predicted octanol–water partition coefficient (Wildman–Crippen LogP) is 2.19. The minimum atomic E-state index is -0.896. The molecule has 2 aromatic rings. The van der Waals surface area contributed by atoms with Gasteiger partial charge in [0.1, 0.15) is 17.2 Å². The summed E-state index contributed by atoms with van der Waals surface area (Å²) >= 11 is 0. The summed E-state index contributed by atoms with van der Waals surface area (Å²) < 4.78 is 15.6. The summed E-state index contributed by atoms with van der Waals surface area (Å²) in [5.74, 6) is 0.0950. The molecule has 2 aromatic carbocycles. The number of hydrazone groups is 1. The van der Waals surface area contributed by atoms with Gasteiger partial charge < -0.3 is 19.5 Å². The van der Waals surface area contributed by atoms with E-state index in [0.717, 1.165) is 0 Å². The Bertz CT molecular complexity index is 819. The third kappa shape index (κ3) is 5.74. The molecule has 0 aliphatic carbocycles. The average Bonchev–Trinajstić information content (AvgIpc) is 2.69. The second-order valence-electron chi connectivity index (χ2n) is 5.22. The Balaban J connectivity index is 1.92. The number of nitrogens with zero attached hydrogens (tertiary/aromatic N) is 1. The van der Waals surface area contributed by atoms with Crippen molar-refractivity contribution in [3.8, 4) is 17.2 Å². The fourth-order valence-corrected chi connectivity index (χ4v) is 2.13. The van der Waals surface area contributed by atoms with E-state index in [-0.39, 0.29) is 0 Å². The van der Waals surface area contributed by atoms with Crippen molar-refractivity contribution in [2.24, 2.45) is 5.10 Å². The van der Waals surface area contributed by atoms with E-state index in [9.17, 15) is 9.59 Å². The zero-order chi connectivity index (χ0) is 19.6. The highest BCUT2D eigenvalue weighted by Gasteiger charge is 2.13. The lowest BCUT2D eigenvalue weighted by molar-refractivity contribution is -0.136. The van der Waals surface area contributed by atoms with Crippen LogP contribution in [0.4, 0.5) is 5.69 Å². The van der Waals surface area contributed by atoms with Gasteiger partial charge >= 0.3 is 11.8 Å². The molecule has 0 aliphatic rings. The number of carbonyl (C=O) groups is 2. The number of carbonyl (C=O) groups excluding carboxylic acids is 2. The molecule has 0 radical (unpaired) electrons. The normalized spacial score (nSPS) is 10.3. The number of anilines is 1. The molecular weight excluding hydrogens is 350 g/mol. The van der Waals surface area contributed by atoms with Crippen molar-refractivity contribution in [3.63, 3.8) is 0 Å². The van der Waals surface area contributed by atoms with Crippen LogP contribution in [0.3, 0.4) is 0 Å². The Morgan fingerprint density at radius 3 is 2.33 bits per heavy atom. The number of methoxy groups -OCH3 is 2. The van der Waals surface area contributed by atoms with Gasteiger partial charge in [0, 0.05) is 17.3 Å². The lowest BCUT2D eigenvalue weighted by atomic mass is 10.2. The Kier molecular flexibility index (Phi) is 7.18. The molecule has 0 aromatic heterocycles. The molecule has 142 valence electrons. The standard InChI is InChI=1S/C19H21N3O5/c1-4-27-15-9-6-14(7-10-15)21-18(23)19(24)22-20-12-13-5-8-16(25-2)11-17(13)26-3/h5-12H,4H2,1-3H3,(H,21,23)(H,22,24). The maximum absolute atomic E-state index is 11.9. The van der Waals surface area contributed by atoms with E-state index < -0.39 is 11.8 Å². The fraction of sp³-hybridized carbons (Fsp3) is 0.211. The molecule has 0 unspecified atom stereocenters. The molecule has 0 saturated heterocycles. The second-order valence-corrected chi connectivity index (χ2v) is 5.22. The largest absolute Gasteiger partial charge is 0.497 e. The zero-order valence-corrected chi connectivity index (χ0v) is 15.3. The smallest absolute Gasteiger partial charge is 0.329 e. The highest BCUT2D eigenvalue weighted by molar-refractivity contribution is 6.39. The second kappa shape index (κ2) is 9.81. The molecule has 0 heterocycles. The molecule has 0 bridgehead atoms. The SMILES string of the molecule is CCOc1ccc(NC(=O)C(=O)NN=Cc2ccc(OC)cc2OC)cc1. The van der Waals surface area contributed by atoms with E-state index >= 15 is 0 Å². The minimum absolute atomic E-state index is 0.472. The molecule has 2 N–H and O–H groups in total. The van der Waals surface area contributed by atoms with Crippen LogP contribution in [0, 0.1) is 0 Å². The first kappa shape index (κ1) is 19.8. The van der Waals surface area contributed by atoms with Crippen molar-refractivity contribution < 1.29 is 23.8 Å². The van der Waals surface area contributed by atoms with Crippen LogP contribution in [-0.4, -0.2) is 38.9 Å². The molecule has 0 atom stereocenters. The van der Waals surface area contributed by atoms with E-state index in [1.807, 2.05) is 6.92 Å². The topological polar surface area (TPSA) is 98.2 Å². The molecule has 2 rings (SSSR count). The van der Waals surface area contributed by atoms with E-state index in [1.54, 1.807) is 49.6 Å². The molecule has 27 heavy (non-hydrogen) atoms. The van der Waals surface area contributed by atoms with Gasteiger partial charge in [-0.15, -0.1) is 0 Å². The van der Waals surface area contributed by atoms with E-state index in [2.05, 4.69) is 15.8 Å². The maximum Gasteiger partial charge on any atom is 0.329 e. The average molecular weight is 371 g/mol. The number of hydrogen-bond acceptors (Lipinski definition) is 6. The van der Waals surface area contributed by atoms with Crippen molar-refractivity contribution in [1.82, 2.24) is 5.43 Å². The van der Waals surface area contributed by atoms with Crippen molar-refractivity contribution in [1.29, 1.82) is 0 Å². The van der Waals surface area contributed by atoms with Gasteiger partial charge in [-0.25, -0.2) is 5.43 Å². The van der Waals surface area contributed by atoms with Crippen LogP contribution in [0.15, 0.2) is 47.6 Å². The molecule has 8 heteroatoms. The zero-order valence-electron chi connectivity index (χ0n) is 15.3. The van der Waals surface area contributed by atoms with E-state index in [4.69, 9.17) is 14.2 Å². The van der Waals surface area contributed by atoms with Crippen molar-refractivity contribution in [3.05, 3.63) is 48.0 Å². The number of benzene rings is 2. The van der Waals surface area contributed by atoms with Crippen LogP contribution in [0.1, 0.15) is 12.5 Å². The predicted molar refractivity (Wildman–Crippen MR) is 102 cm³/mol. The van der Waals surface area contributed by atoms with Crippen LogP contribution >= 0.6 is 0 Å². The van der Waals surface area contributed by atoms with Crippen LogP contribution in [0.25, 0.3) is 0 Å². The van der Waals surface area contributed by atoms with Gasteiger partial charge in [0.15, 0.2) is 0 Å². The highest BCUT2D eigenvalue weighted by atomic mass is 16.5. The van der Waals surface area contributed by atoms with Gasteiger partial charge in [0.05, 0.1) is 27.0 Å². The van der Waals surface area contributed by atoms with Gasteiger partial charge in [-0.3, -0.25) is 9.59 Å². The quantitative estimate of drug-likeness (QED) is 0.442. The van der Waals surface area contributed by atoms with E-state index in [1.165, 1.54) is 13.3 Å². The minimum Gasteiger partial charge on any atom is -0.497 e. The summed E-state index contributed by atoms with van der Waals surface area (Å²) in [4.78, 5) is 23.8. The first-order chi connectivity index (χ1) is 13.1. The molecule has 0 saturated carbocycles. The number of amides is 2. The monoisotopic (exact) mass is 371 g/mol. The number of rotatable bonds is 7. The summed E-state index contributed by atoms with van der Waals surface area (Å²) in [5.41, 5.74) is 3.26. The highest BCUT2D eigenvalue weighted by Crippen LogP contribution is 2.23. The molecule has 2 amide bonds. The lowest BCUT2D eigenvalue weighted by Crippen LogP contribution is -2.32. The van der Waals surface area contributed by atoms with Gasteiger partial charge in [0.2, 0.25) is 0 Å². The lowest BCUT2D eigenvalue weighted by Gasteiger charge is -2.07. The first-order valence-electron chi connectivity index (χ1n) is 8.16. The van der Waals surface area contributed by atoms with Gasteiger partial charge in [-0.1, -0.05) is 0 Å². The Morgan fingerprint density at radius 1 is 1.00 bits per heavy atom. The Hall–Kier alpha value is -3.55. The summed E-state index contributed by atoms with van der Waals surface area (Å²) in [6, 6.07) is 11.8. The summed E-state index contributed by atoms with van der Waals surface area (Å²) in [6.07, 6.45) is 1.38. The van der Waals surface area contributed by atoms with Crippen molar-refractivity contribution >= 4 is 23.7 Å². The molecule has 0 spiro atoms. The van der Waals surface area contributed by atoms with Gasteiger partial charge in [-0.05, 0) is 43.3 Å². The Labute approximate surface area is 157 Å². The number of nitrogens with one attached hydrogen (secondary N) is 2. The molecule has 0 aliphatic heterocycles. The first-order valence-corrected chi connectivity index (χ1v) is 8.16. The number of ether oxygens (including phenoxy) is 3. The van der Waals surface area contributed by atoms with Gasteiger partial charge in [-0.2, -0.15) is 5.10 Å². The summed E-state index contributed by atoms with van der Waals surface area (Å²) in [6.45, 7) is 2.42. The summed E-state index contributed by atoms with van der Waals surface area (Å²) in [7, 11) is 3.06. The molecular formula is C19H21N3O5.